The third-order valence-electron chi connectivity index (χ3n) is 3.14. The van der Waals surface area contributed by atoms with Crippen LogP contribution in [0.1, 0.15) is 0 Å². The van der Waals surface area contributed by atoms with Gasteiger partial charge in [0.2, 0.25) is 5.91 Å². The van der Waals surface area contributed by atoms with Crippen molar-refractivity contribution in [2.45, 2.75) is 0 Å². The smallest absolute Gasteiger partial charge is 0.295 e. The van der Waals surface area contributed by atoms with Gasteiger partial charge in [-0.1, -0.05) is 0 Å². The van der Waals surface area contributed by atoms with Crippen LogP contribution in [0, 0.1) is 15.9 Å². The first-order chi connectivity index (χ1) is 9.99. The molecule has 0 bridgehead atoms. The Hall–Kier alpha value is -1.74. The zero-order valence-corrected chi connectivity index (χ0v) is 12.7. The molecule has 1 aliphatic rings. The Labute approximate surface area is 128 Å². The Morgan fingerprint density at radius 3 is 2.76 bits per heavy atom. The van der Waals surface area contributed by atoms with E-state index in [1.54, 1.807) is 4.90 Å². The first kappa shape index (κ1) is 15.6. The third kappa shape index (κ3) is 3.88. The van der Waals surface area contributed by atoms with E-state index in [1.165, 1.54) is 6.07 Å². The van der Waals surface area contributed by atoms with Crippen LogP contribution in [0.4, 0.5) is 15.8 Å². The standard InChI is InChI=1S/C12H14BrFN4O3/c13-8-5-10(11(18(20)21)6-9(8)14)16-7-12(19)17-3-1-15-2-4-17/h5-6,15-16H,1-4,7H2. The maximum absolute atomic E-state index is 13.3. The number of benzene rings is 1. The van der Waals surface area contributed by atoms with E-state index in [0.29, 0.717) is 13.1 Å². The molecule has 7 nitrogen and oxygen atoms in total. The fourth-order valence-corrected chi connectivity index (χ4v) is 2.37. The summed E-state index contributed by atoms with van der Waals surface area (Å²) in [5.41, 5.74) is -0.291. The summed E-state index contributed by atoms with van der Waals surface area (Å²) in [5.74, 6) is -0.869. The average Bonchev–Trinajstić information content (AvgIpc) is 2.48. The molecular weight excluding hydrogens is 347 g/mol. The zero-order chi connectivity index (χ0) is 15.4. The fourth-order valence-electron chi connectivity index (χ4n) is 2.03. The lowest BCUT2D eigenvalue weighted by atomic mass is 10.2. The summed E-state index contributed by atoms with van der Waals surface area (Å²) in [6.07, 6.45) is 0. The summed E-state index contributed by atoms with van der Waals surface area (Å²) in [4.78, 5) is 23.9. The van der Waals surface area contributed by atoms with Gasteiger partial charge in [0.05, 0.1) is 22.0 Å². The van der Waals surface area contributed by atoms with E-state index >= 15 is 0 Å². The van der Waals surface area contributed by atoms with Crippen LogP contribution >= 0.6 is 15.9 Å². The molecule has 0 spiro atoms. The molecule has 1 aromatic carbocycles. The number of hydrogen-bond donors (Lipinski definition) is 2. The summed E-state index contributed by atoms with van der Waals surface area (Å²) in [5, 5.41) is 16.8. The van der Waals surface area contributed by atoms with Crippen molar-refractivity contribution in [3.63, 3.8) is 0 Å². The molecule has 0 atom stereocenters. The van der Waals surface area contributed by atoms with Crippen molar-refractivity contribution in [3.8, 4) is 0 Å². The molecule has 2 rings (SSSR count). The van der Waals surface area contributed by atoms with E-state index in [1.807, 2.05) is 0 Å². The molecule has 21 heavy (non-hydrogen) atoms. The maximum Gasteiger partial charge on any atom is 0.295 e. The van der Waals surface area contributed by atoms with Gasteiger partial charge in [-0.2, -0.15) is 0 Å². The van der Waals surface area contributed by atoms with E-state index in [4.69, 9.17) is 0 Å². The van der Waals surface area contributed by atoms with E-state index in [2.05, 4.69) is 26.6 Å². The molecule has 0 unspecified atom stereocenters. The van der Waals surface area contributed by atoms with E-state index < -0.39 is 16.4 Å². The van der Waals surface area contributed by atoms with Crippen molar-refractivity contribution in [2.24, 2.45) is 0 Å². The van der Waals surface area contributed by atoms with Gasteiger partial charge in [-0.15, -0.1) is 0 Å². The number of halogens is 2. The van der Waals surface area contributed by atoms with Gasteiger partial charge in [-0.05, 0) is 22.0 Å². The molecular formula is C12H14BrFN4O3. The van der Waals surface area contributed by atoms with Crippen LogP contribution in [0.3, 0.4) is 0 Å². The van der Waals surface area contributed by atoms with Crippen molar-refractivity contribution in [2.75, 3.05) is 38.0 Å². The first-order valence-electron chi connectivity index (χ1n) is 6.35. The molecule has 1 heterocycles. The van der Waals surface area contributed by atoms with Gasteiger partial charge in [0.1, 0.15) is 11.5 Å². The molecule has 114 valence electrons. The number of piperazine rings is 1. The first-order valence-corrected chi connectivity index (χ1v) is 7.14. The molecule has 1 amide bonds. The molecule has 9 heteroatoms. The Bertz CT molecular complexity index is 564. The van der Waals surface area contributed by atoms with Gasteiger partial charge in [-0.25, -0.2) is 4.39 Å². The Morgan fingerprint density at radius 1 is 1.48 bits per heavy atom. The minimum absolute atomic E-state index is 0.0705. The second-order valence-electron chi connectivity index (χ2n) is 4.52. The summed E-state index contributed by atoms with van der Waals surface area (Å²) in [6.45, 7) is 2.60. The zero-order valence-electron chi connectivity index (χ0n) is 11.1. The number of nitrogens with one attached hydrogen (secondary N) is 2. The lowest BCUT2D eigenvalue weighted by Gasteiger charge is -2.27. The van der Waals surface area contributed by atoms with Crippen molar-refractivity contribution in [3.05, 3.63) is 32.5 Å². The van der Waals surface area contributed by atoms with Crippen LogP contribution < -0.4 is 10.6 Å². The highest BCUT2D eigenvalue weighted by Gasteiger charge is 2.20. The Balaban J connectivity index is 2.06. The third-order valence-corrected chi connectivity index (χ3v) is 3.74. The molecule has 1 fully saturated rings. The van der Waals surface area contributed by atoms with E-state index in [-0.39, 0.29) is 22.6 Å². The molecule has 0 aromatic heterocycles. The predicted octanol–water partition coefficient (Wildman–Crippen LogP) is 1.34. The summed E-state index contributed by atoms with van der Waals surface area (Å²) in [6, 6.07) is 2.08. The Kier molecular flexibility index (Phi) is 5.07. The number of hydrogen-bond acceptors (Lipinski definition) is 5. The number of nitrogens with zero attached hydrogens (tertiary/aromatic N) is 2. The van der Waals surface area contributed by atoms with Crippen LogP contribution in [-0.4, -0.2) is 48.5 Å². The summed E-state index contributed by atoms with van der Waals surface area (Å²) < 4.78 is 13.5. The molecule has 0 saturated carbocycles. The van der Waals surface area contributed by atoms with Crippen LogP contribution in [0.15, 0.2) is 16.6 Å². The predicted molar refractivity (Wildman–Crippen MR) is 78.7 cm³/mol. The highest BCUT2D eigenvalue weighted by Crippen LogP contribution is 2.30. The van der Waals surface area contributed by atoms with Gasteiger partial charge in [-0.3, -0.25) is 14.9 Å². The molecule has 0 radical (unpaired) electrons. The number of amides is 1. The second kappa shape index (κ2) is 6.81. The largest absolute Gasteiger partial charge is 0.371 e. The normalized spacial score (nSPS) is 14.9. The van der Waals surface area contributed by atoms with E-state index in [9.17, 15) is 19.3 Å². The van der Waals surface area contributed by atoms with Crippen molar-refractivity contribution < 1.29 is 14.1 Å². The van der Waals surface area contributed by atoms with Crippen LogP contribution in [0.5, 0.6) is 0 Å². The number of carbonyl (C=O) groups is 1. The number of anilines is 1. The summed E-state index contributed by atoms with van der Waals surface area (Å²) >= 11 is 2.97. The molecule has 0 aliphatic carbocycles. The van der Waals surface area contributed by atoms with Crippen molar-refractivity contribution in [1.82, 2.24) is 10.2 Å². The topological polar surface area (TPSA) is 87.5 Å². The monoisotopic (exact) mass is 360 g/mol. The fraction of sp³-hybridized carbons (Fsp3) is 0.417. The number of rotatable bonds is 4. The number of nitro groups is 1. The number of nitro benzene ring substituents is 1. The van der Waals surface area contributed by atoms with Crippen LogP contribution in [-0.2, 0) is 4.79 Å². The van der Waals surface area contributed by atoms with Crippen molar-refractivity contribution >= 4 is 33.2 Å². The second-order valence-corrected chi connectivity index (χ2v) is 5.38. The van der Waals surface area contributed by atoms with E-state index in [0.717, 1.165) is 19.2 Å². The quantitative estimate of drug-likeness (QED) is 0.624. The van der Waals surface area contributed by atoms with Gasteiger partial charge in [0.25, 0.3) is 5.69 Å². The summed E-state index contributed by atoms with van der Waals surface area (Å²) in [7, 11) is 0. The Morgan fingerprint density at radius 2 is 2.14 bits per heavy atom. The molecule has 1 aliphatic heterocycles. The minimum atomic E-state index is -0.722. The molecule has 1 aromatic rings. The van der Waals surface area contributed by atoms with Gasteiger partial charge in [0, 0.05) is 26.2 Å². The molecule has 1 saturated heterocycles. The minimum Gasteiger partial charge on any atom is -0.371 e. The van der Waals surface area contributed by atoms with Crippen LogP contribution in [0.2, 0.25) is 0 Å². The van der Waals surface area contributed by atoms with Gasteiger partial charge >= 0.3 is 0 Å². The van der Waals surface area contributed by atoms with Gasteiger partial charge < -0.3 is 15.5 Å². The molecule has 2 N–H and O–H groups in total. The average molecular weight is 361 g/mol. The SMILES string of the molecule is O=C(CNc1cc(Br)c(F)cc1[N+](=O)[O-])N1CCNCC1. The highest BCUT2D eigenvalue weighted by molar-refractivity contribution is 9.10. The lowest BCUT2D eigenvalue weighted by molar-refractivity contribution is -0.384. The van der Waals surface area contributed by atoms with Crippen molar-refractivity contribution in [1.29, 1.82) is 0 Å². The van der Waals surface area contributed by atoms with Gasteiger partial charge in [0.15, 0.2) is 0 Å². The maximum atomic E-state index is 13.3. The number of carbonyl (C=O) groups excluding carboxylic acids is 1. The highest BCUT2D eigenvalue weighted by atomic mass is 79.9. The van der Waals surface area contributed by atoms with Crippen LogP contribution in [0.25, 0.3) is 0 Å². The lowest BCUT2D eigenvalue weighted by Crippen LogP contribution is -2.48.